The van der Waals surface area contributed by atoms with Gasteiger partial charge in [0.25, 0.3) is 0 Å². The van der Waals surface area contributed by atoms with E-state index < -0.39 is 17.9 Å². The van der Waals surface area contributed by atoms with Crippen molar-refractivity contribution in [2.75, 3.05) is 11.9 Å². The van der Waals surface area contributed by atoms with E-state index in [9.17, 15) is 14.7 Å². The van der Waals surface area contributed by atoms with Crippen LogP contribution in [0.1, 0.15) is 16.7 Å². The molecule has 5 heteroatoms. The van der Waals surface area contributed by atoms with Gasteiger partial charge in [-0.05, 0) is 36.6 Å². The van der Waals surface area contributed by atoms with Crippen molar-refractivity contribution in [3.8, 4) is 0 Å². The molecule has 24 heavy (non-hydrogen) atoms. The summed E-state index contributed by atoms with van der Waals surface area (Å²) in [5.41, 5.74) is 3.46. The Morgan fingerprint density at radius 2 is 1.75 bits per heavy atom. The van der Waals surface area contributed by atoms with Crippen LogP contribution >= 0.6 is 0 Å². The van der Waals surface area contributed by atoms with Gasteiger partial charge in [0, 0.05) is 18.7 Å². The summed E-state index contributed by atoms with van der Waals surface area (Å²) in [5, 5.41) is 15.0. The smallest absolute Gasteiger partial charge is 0.313 e. The molecule has 0 bridgehead atoms. The lowest BCUT2D eigenvalue weighted by molar-refractivity contribution is -0.136. The van der Waals surface area contributed by atoms with Crippen LogP contribution in [0.5, 0.6) is 0 Å². The number of hydrogen-bond acceptors (Lipinski definition) is 3. The fraction of sp³-hybridized carbons (Fsp3) is 0.263. The van der Waals surface area contributed by atoms with Crippen LogP contribution in [0.15, 0.2) is 48.5 Å². The van der Waals surface area contributed by atoms with Crippen LogP contribution in [-0.2, 0) is 16.0 Å². The van der Waals surface area contributed by atoms with Crippen molar-refractivity contribution in [1.82, 2.24) is 5.32 Å². The van der Waals surface area contributed by atoms with Gasteiger partial charge in [-0.1, -0.05) is 42.5 Å². The zero-order valence-corrected chi connectivity index (χ0v) is 13.9. The molecular weight excluding hydrogens is 304 g/mol. The van der Waals surface area contributed by atoms with Crippen LogP contribution < -0.4 is 10.6 Å². The van der Waals surface area contributed by atoms with Crippen molar-refractivity contribution in [1.29, 1.82) is 0 Å². The van der Waals surface area contributed by atoms with E-state index in [4.69, 9.17) is 0 Å². The lowest BCUT2D eigenvalue weighted by atomic mass is 10.1. The normalized spacial score (nSPS) is 11.6. The van der Waals surface area contributed by atoms with Gasteiger partial charge in [0.1, 0.15) is 0 Å². The number of nitrogens with one attached hydrogen (secondary N) is 2. The van der Waals surface area contributed by atoms with E-state index in [1.807, 2.05) is 62.4 Å². The topological polar surface area (TPSA) is 78.4 Å². The summed E-state index contributed by atoms with van der Waals surface area (Å²) >= 11 is 0. The van der Waals surface area contributed by atoms with E-state index in [-0.39, 0.29) is 6.54 Å². The molecule has 3 N–H and O–H groups in total. The van der Waals surface area contributed by atoms with Gasteiger partial charge < -0.3 is 15.7 Å². The molecule has 2 amide bonds. The molecule has 1 atom stereocenters. The molecule has 0 saturated heterocycles. The van der Waals surface area contributed by atoms with Gasteiger partial charge in [-0.25, -0.2) is 0 Å². The third kappa shape index (κ3) is 5.21. The molecule has 2 aromatic carbocycles. The van der Waals surface area contributed by atoms with Crippen molar-refractivity contribution in [2.45, 2.75) is 26.4 Å². The number of carbonyl (C=O) groups is 2. The first-order valence-electron chi connectivity index (χ1n) is 7.84. The minimum atomic E-state index is -0.761. The maximum Gasteiger partial charge on any atom is 0.313 e. The molecule has 1 unspecified atom stereocenters. The summed E-state index contributed by atoms with van der Waals surface area (Å²) in [5.74, 6) is -1.50. The van der Waals surface area contributed by atoms with Gasteiger partial charge in [-0.15, -0.1) is 0 Å². The third-order valence-corrected chi connectivity index (χ3v) is 3.66. The van der Waals surface area contributed by atoms with Crippen molar-refractivity contribution >= 4 is 17.5 Å². The summed E-state index contributed by atoms with van der Waals surface area (Å²) in [4.78, 5) is 23.8. The third-order valence-electron chi connectivity index (χ3n) is 3.66. The Morgan fingerprint density at radius 3 is 2.46 bits per heavy atom. The van der Waals surface area contributed by atoms with Gasteiger partial charge in [0.15, 0.2) is 0 Å². The average Bonchev–Trinajstić information content (AvgIpc) is 2.57. The highest BCUT2D eigenvalue weighted by Gasteiger charge is 2.16. The van der Waals surface area contributed by atoms with Crippen LogP contribution in [0.2, 0.25) is 0 Å². The van der Waals surface area contributed by atoms with Crippen LogP contribution in [0.4, 0.5) is 5.69 Å². The maximum atomic E-state index is 11.9. The predicted molar refractivity (Wildman–Crippen MR) is 93.7 cm³/mol. The zero-order chi connectivity index (χ0) is 17.5. The number of aliphatic hydroxyl groups is 1. The maximum absolute atomic E-state index is 11.9. The largest absolute Gasteiger partial charge is 0.391 e. The number of aliphatic hydroxyl groups excluding tert-OH is 1. The highest BCUT2D eigenvalue weighted by molar-refractivity contribution is 6.39. The minimum absolute atomic E-state index is 0.0218. The molecule has 0 spiro atoms. The SMILES string of the molecule is Cc1ccc(C)c(NC(=O)C(=O)NCC(O)Cc2ccccc2)c1. The van der Waals surface area contributed by atoms with Crippen molar-refractivity contribution in [3.63, 3.8) is 0 Å². The van der Waals surface area contributed by atoms with Gasteiger partial charge in [0.05, 0.1) is 6.10 Å². The molecule has 0 aliphatic rings. The second-order valence-corrected chi connectivity index (χ2v) is 5.83. The highest BCUT2D eigenvalue weighted by Crippen LogP contribution is 2.16. The fourth-order valence-electron chi connectivity index (χ4n) is 2.30. The molecule has 0 heterocycles. The molecule has 0 aliphatic heterocycles. The quantitative estimate of drug-likeness (QED) is 0.735. The first-order valence-corrected chi connectivity index (χ1v) is 7.84. The molecule has 0 saturated carbocycles. The predicted octanol–water partition coefficient (Wildman–Crippen LogP) is 1.96. The Labute approximate surface area is 141 Å². The summed E-state index contributed by atoms with van der Waals surface area (Å²) in [6, 6.07) is 15.1. The highest BCUT2D eigenvalue weighted by atomic mass is 16.3. The number of hydrogen-bond donors (Lipinski definition) is 3. The molecule has 0 aliphatic carbocycles. The Hall–Kier alpha value is -2.66. The molecule has 2 rings (SSSR count). The lowest BCUT2D eigenvalue weighted by Crippen LogP contribution is -2.40. The average molecular weight is 326 g/mol. The van der Waals surface area contributed by atoms with Crippen LogP contribution in [0, 0.1) is 13.8 Å². The van der Waals surface area contributed by atoms with E-state index in [0.29, 0.717) is 12.1 Å². The van der Waals surface area contributed by atoms with Gasteiger partial charge >= 0.3 is 11.8 Å². The zero-order valence-electron chi connectivity index (χ0n) is 13.9. The van der Waals surface area contributed by atoms with E-state index in [0.717, 1.165) is 16.7 Å². The minimum Gasteiger partial charge on any atom is -0.391 e. The molecule has 2 aromatic rings. The van der Waals surface area contributed by atoms with Crippen LogP contribution in [0.3, 0.4) is 0 Å². The first kappa shape index (κ1) is 17.7. The summed E-state index contributed by atoms with van der Waals surface area (Å²) in [6.07, 6.45) is -0.329. The van der Waals surface area contributed by atoms with Gasteiger partial charge in [-0.3, -0.25) is 9.59 Å². The van der Waals surface area contributed by atoms with Crippen molar-refractivity contribution in [2.24, 2.45) is 0 Å². The number of carbonyl (C=O) groups excluding carboxylic acids is 2. The Balaban J connectivity index is 1.83. The van der Waals surface area contributed by atoms with Crippen LogP contribution in [-0.4, -0.2) is 29.6 Å². The molecule has 5 nitrogen and oxygen atoms in total. The molecule has 0 aromatic heterocycles. The molecule has 0 radical (unpaired) electrons. The summed E-state index contributed by atoms with van der Waals surface area (Å²) in [7, 11) is 0. The molecule has 126 valence electrons. The number of amides is 2. The van der Waals surface area contributed by atoms with Crippen LogP contribution in [0.25, 0.3) is 0 Å². The summed E-state index contributed by atoms with van der Waals surface area (Å²) in [6.45, 7) is 3.79. The standard InChI is InChI=1S/C19H22N2O3/c1-13-8-9-14(2)17(10-13)21-19(24)18(23)20-12-16(22)11-15-6-4-3-5-7-15/h3-10,16,22H,11-12H2,1-2H3,(H,20,23)(H,21,24). The fourth-order valence-corrected chi connectivity index (χ4v) is 2.30. The number of benzene rings is 2. The van der Waals surface area contributed by atoms with E-state index >= 15 is 0 Å². The Morgan fingerprint density at radius 1 is 1.04 bits per heavy atom. The molecule has 0 fully saturated rings. The van der Waals surface area contributed by atoms with E-state index in [1.165, 1.54) is 0 Å². The van der Waals surface area contributed by atoms with Gasteiger partial charge in [0.2, 0.25) is 0 Å². The second kappa shape index (κ2) is 8.26. The lowest BCUT2D eigenvalue weighted by Gasteiger charge is -2.13. The number of aryl methyl sites for hydroxylation is 2. The van der Waals surface area contributed by atoms with Crippen molar-refractivity contribution in [3.05, 3.63) is 65.2 Å². The van der Waals surface area contributed by atoms with Gasteiger partial charge in [-0.2, -0.15) is 0 Å². The first-order chi connectivity index (χ1) is 11.5. The second-order valence-electron chi connectivity index (χ2n) is 5.83. The van der Waals surface area contributed by atoms with Crippen molar-refractivity contribution < 1.29 is 14.7 Å². The molecular formula is C19H22N2O3. The van der Waals surface area contributed by atoms with E-state index in [1.54, 1.807) is 0 Å². The number of rotatable bonds is 5. The van der Waals surface area contributed by atoms with E-state index in [2.05, 4.69) is 10.6 Å². The number of anilines is 1. The monoisotopic (exact) mass is 326 g/mol. The Bertz CT molecular complexity index is 714. The summed E-state index contributed by atoms with van der Waals surface area (Å²) < 4.78 is 0. The Kier molecular flexibility index (Phi) is 6.09.